The van der Waals surface area contributed by atoms with Crippen LogP contribution in [0.5, 0.6) is 0 Å². The fourth-order valence-electron chi connectivity index (χ4n) is 4.62. The van der Waals surface area contributed by atoms with Crippen molar-refractivity contribution in [2.24, 2.45) is 5.41 Å². The Balaban J connectivity index is 1.77. The zero-order chi connectivity index (χ0) is 26.4. The van der Waals surface area contributed by atoms with Gasteiger partial charge in [-0.05, 0) is 29.6 Å². The summed E-state index contributed by atoms with van der Waals surface area (Å²) >= 11 is 14.9. The van der Waals surface area contributed by atoms with E-state index in [1.165, 1.54) is 41.2 Å². The average Bonchev–Trinajstić information content (AvgIpc) is 3.31. The number of thiophene rings is 1. The zero-order valence-electron chi connectivity index (χ0n) is 19.3. The van der Waals surface area contributed by atoms with Gasteiger partial charge in [0.1, 0.15) is 10.4 Å². The highest BCUT2D eigenvalue weighted by Gasteiger charge is 2.71. The lowest BCUT2D eigenvalue weighted by Gasteiger charge is -2.61. The topological polar surface area (TPSA) is 104 Å². The number of amides is 2. The van der Waals surface area contributed by atoms with Crippen LogP contribution in [0.2, 0.25) is 10.0 Å². The molecule has 0 aliphatic carbocycles. The molecule has 2 aliphatic rings. The number of carbonyl (C=O) groups excluding carboxylic acids is 3. The number of fused-ring (bicyclic) bond motifs is 1. The summed E-state index contributed by atoms with van der Waals surface area (Å²) in [6.07, 6.45) is 1.21. The molecule has 3 heterocycles. The number of ether oxygens (including phenoxy) is 1. The highest BCUT2D eigenvalue weighted by molar-refractivity contribution is 8.00. The maximum atomic E-state index is 13.7. The van der Waals surface area contributed by atoms with Crippen LogP contribution in [0.15, 0.2) is 42.3 Å². The van der Waals surface area contributed by atoms with Crippen molar-refractivity contribution in [3.8, 4) is 11.1 Å². The number of allylic oxidation sites excluding steroid dienone is 1. The molecule has 2 saturated heterocycles. The van der Waals surface area contributed by atoms with Crippen LogP contribution in [0, 0.1) is 5.41 Å². The van der Waals surface area contributed by atoms with Crippen molar-refractivity contribution in [1.29, 1.82) is 0 Å². The molecule has 12 heteroatoms. The number of halogens is 2. The van der Waals surface area contributed by atoms with Gasteiger partial charge in [-0.15, -0.1) is 29.7 Å². The summed E-state index contributed by atoms with van der Waals surface area (Å²) in [6.45, 7) is 4.52. The second kappa shape index (κ2) is 9.83. The van der Waals surface area contributed by atoms with Crippen molar-refractivity contribution in [1.82, 2.24) is 4.90 Å². The number of thioether (sulfide) groups is 1. The molecule has 0 radical (unpaired) electrons. The third-order valence-electron chi connectivity index (χ3n) is 6.41. The minimum atomic E-state index is -1.77. The van der Waals surface area contributed by atoms with Crippen LogP contribution in [0.3, 0.4) is 0 Å². The Kier molecular flexibility index (Phi) is 7.29. The molecule has 4 rings (SSSR count). The summed E-state index contributed by atoms with van der Waals surface area (Å²) in [7, 11) is 1.33. The SMILES string of the molecule is C=CCC(=O)C1(C(=O)O)CS[C@H]2N(C1)C(=O)C2(OC)N(C(C)=O)c1sccc1-c1cc(Cl)ccc1Cl. The van der Waals surface area contributed by atoms with E-state index >= 15 is 0 Å². The van der Waals surface area contributed by atoms with Gasteiger partial charge in [-0.25, -0.2) is 0 Å². The number of carboxylic acids is 1. The number of hydrogen-bond acceptors (Lipinski definition) is 7. The van der Waals surface area contributed by atoms with E-state index in [1.54, 1.807) is 29.6 Å². The van der Waals surface area contributed by atoms with Gasteiger partial charge >= 0.3 is 5.97 Å². The fourth-order valence-corrected chi connectivity index (χ4v) is 7.71. The standard InChI is InChI=1S/C24H22Cl2N2O6S2/c1-4-5-18(30)23(22(32)33)11-27-20(31)24(34-3,21(27)36-12-23)28(13(2)29)19-15(8-9-35-19)16-10-14(25)6-7-17(16)26/h4,6-10,21H,1,5,11-12H2,2-3H3,(H,32,33)/t21-,23?,24?/m1/s1. The molecular weight excluding hydrogens is 547 g/mol. The number of ketones is 1. The number of anilines is 1. The van der Waals surface area contributed by atoms with E-state index < -0.39 is 40.1 Å². The summed E-state index contributed by atoms with van der Waals surface area (Å²) in [6, 6.07) is 6.73. The number of carboxylic acid groups (broad SMARTS) is 1. The molecule has 2 amide bonds. The van der Waals surface area contributed by atoms with E-state index in [9.17, 15) is 24.3 Å². The van der Waals surface area contributed by atoms with Crippen molar-refractivity contribution in [2.45, 2.75) is 24.4 Å². The second-order valence-corrected chi connectivity index (χ2v) is 11.2. The highest BCUT2D eigenvalue weighted by atomic mass is 35.5. The van der Waals surface area contributed by atoms with Gasteiger partial charge in [0.2, 0.25) is 5.91 Å². The number of nitrogens with zero attached hydrogens (tertiary/aromatic N) is 2. The maximum absolute atomic E-state index is 13.7. The molecular formula is C24H22Cl2N2O6S2. The molecule has 1 N–H and O–H groups in total. The normalized spacial score (nSPS) is 25.1. The van der Waals surface area contributed by atoms with Crippen LogP contribution in [0.4, 0.5) is 5.00 Å². The van der Waals surface area contributed by atoms with E-state index in [0.29, 0.717) is 26.2 Å². The second-order valence-electron chi connectivity index (χ2n) is 8.42. The Morgan fingerprint density at radius 2 is 2.03 bits per heavy atom. The molecule has 36 heavy (non-hydrogen) atoms. The lowest BCUT2D eigenvalue weighted by molar-refractivity contribution is -0.193. The van der Waals surface area contributed by atoms with Crippen LogP contribution in [0.25, 0.3) is 11.1 Å². The van der Waals surface area contributed by atoms with Gasteiger partial charge in [0.05, 0.1) is 0 Å². The Labute approximate surface area is 225 Å². The molecule has 0 spiro atoms. The van der Waals surface area contributed by atoms with Gasteiger partial charge in [-0.2, -0.15) is 0 Å². The lowest BCUT2D eigenvalue weighted by Crippen LogP contribution is -2.83. The van der Waals surface area contributed by atoms with E-state index in [4.69, 9.17) is 27.9 Å². The van der Waals surface area contributed by atoms with Crippen LogP contribution in [0.1, 0.15) is 13.3 Å². The zero-order valence-corrected chi connectivity index (χ0v) is 22.5. The number of aliphatic carboxylic acids is 1. The van der Waals surface area contributed by atoms with Crippen LogP contribution in [-0.2, 0) is 23.9 Å². The number of rotatable bonds is 8. The number of benzene rings is 1. The van der Waals surface area contributed by atoms with Gasteiger partial charge in [-0.1, -0.05) is 29.3 Å². The molecule has 1 aromatic heterocycles. The largest absolute Gasteiger partial charge is 0.480 e. The van der Waals surface area contributed by atoms with Crippen LogP contribution < -0.4 is 4.90 Å². The van der Waals surface area contributed by atoms with Gasteiger partial charge in [-0.3, -0.25) is 24.1 Å². The van der Waals surface area contributed by atoms with Crippen molar-refractivity contribution in [3.63, 3.8) is 0 Å². The molecule has 2 aliphatic heterocycles. The Morgan fingerprint density at radius 1 is 1.31 bits per heavy atom. The van der Waals surface area contributed by atoms with E-state index in [1.807, 2.05) is 0 Å². The predicted octanol–water partition coefficient (Wildman–Crippen LogP) is 4.55. The molecule has 0 saturated carbocycles. The fraction of sp³-hybridized carbons (Fsp3) is 0.333. The lowest BCUT2D eigenvalue weighted by atomic mass is 9.80. The molecule has 2 aromatic rings. The molecule has 1 aromatic carbocycles. The third kappa shape index (κ3) is 3.86. The Hall–Kier alpha value is -2.37. The van der Waals surface area contributed by atoms with Gasteiger partial charge < -0.3 is 14.7 Å². The van der Waals surface area contributed by atoms with Crippen molar-refractivity contribution >= 4 is 74.9 Å². The van der Waals surface area contributed by atoms with Gasteiger partial charge in [0.15, 0.2) is 11.2 Å². The first kappa shape index (κ1) is 26.7. The first-order chi connectivity index (χ1) is 17.0. The molecule has 3 atom stereocenters. The van der Waals surface area contributed by atoms with E-state index in [2.05, 4.69) is 6.58 Å². The number of methoxy groups -OCH3 is 1. The molecule has 8 nitrogen and oxygen atoms in total. The first-order valence-corrected chi connectivity index (χ1v) is 13.4. The van der Waals surface area contributed by atoms with Crippen molar-refractivity contribution in [2.75, 3.05) is 24.3 Å². The van der Waals surface area contributed by atoms with E-state index in [0.717, 1.165) is 11.8 Å². The monoisotopic (exact) mass is 568 g/mol. The molecule has 0 bridgehead atoms. The van der Waals surface area contributed by atoms with Gasteiger partial charge in [0, 0.05) is 53.9 Å². The number of hydrogen-bond donors (Lipinski definition) is 1. The minimum absolute atomic E-state index is 0.0856. The molecule has 2 unspecified atom stereocenters. The number of Topliss-reactive ketones (excluding diaryl/α,β-unsaturated/α-hetero) is 1. The van der Waals surface area contributed by atoms with Crippen molar-refractivity contribution < 1.29 is 29.0 Å². The van der Waals surface area contributed by atoms with E-state index in [-0.39, 0.29) is 18.7 Å². The summed E-state index contributed by atoms with van der Waals surface area (Å²) in [5.74, 6) is -2.98. The quantitative estimate of drug-likeness (QED) is 0.215. The summed E-state index contributed by atoms with van der Waals surface area (Å²) in [5, 5.41) is 12.2. The molecule has 2 fully saturated rings. The minimum Gasteiger partial charge on any atom is -0.480 e. The predicted molar refractivity (Wildman–Crippen MR) is 141 cm³/mol. The van der Waals surface area contributed by atoms with Crippen molar-refractivity contribution in [3.05, 3.63) is 52.3 Å². The summed E-state index contributed by atoms with van der Waals surface area (Å²) in [4.78, 5) is 54.3. The van der Waals surface area contributed by atoms with Crippen LogP contribution in [-0.4, -0.2) is 64.1 Å². The van der Waals surface area contributed by atoms with Crippen LogP contribution >= 0.6 is 46.3 Å². The summed E-state index contributed by atoms with van der Waals surface area (Å²) < 4.78 is 5.78. The summed E-state index contributed by atoms with van der Waals surface area (Å²) in [5.41, 5.74) is -2.33. The van der Waals surface area contributed by atoms with Gasteiger partial charge in [0.25, 0.3) is 11.6 Å². The first-order valence-electron chi connectivity index (χ1n) is 10.7. The third-order valence-corrected chi connectivity index (χ3v) is 9.42. The maximum Gasteiger partial charge on any atom is 0.319 e. The average molecular weight is 569 g/mol. The number of carbonyl (C=O) groups is 4. The smallest absolute Gasteiger partial charge is 0.319 e. The number of β-lactam (4-membered cyclic amide) rings is 1. The molecule has 190 valence electrons. The highest BCUT2D eigenvalue weighted by Crippen LogP contribution is 2.53. The Bertz CT molecular complexity index is 1280. The Morgan fingerprint density at radius 3 is 2.64 bits per heavy atom.